The van der Waals surface area contributed by atoms with Crippen molar-refractivity contribution in [3.05, 3.63) is 58.2 Å². The summed E-state index contributed by atoms with van der Waals surface area (Å²) in [6, 6.07) is 11.8. The summed E-state index contributed by atoms with van der Waals surface area (Å²) in [5, 5.41) is 10.6. The number of hydrogen-bond acceptors (Lipinski definition) is 2. The molecule has 0 aliphatic heterocycles. The normalized spacial score (nSPS) is 11.6. The molecule has 22 heavy (non-hydrogen) atoms. The second kappa shape index (κ2) is 5.00. The standard InChI is InChI=1S/C16H12Cl2N4/c1-10-8-21(15-5-3-2-4-11(10)15)9-22-16-7-13(18)12(17)6-14(16)19-20-22/h2-8H,9H2,1H3. The van der Waals surface area contributed by atoms with Crippen LogP contribution in [0.3, 0.4) is 0 Å². The molecule has 2 aromatic carbocycles. The van der Waals surface area contributed by atoms with Crippen molar-refractivity contribution >= 4 is 45.1 Å². The summed E-state index contributed by atoms with van der Waals surface area (Å²) in [7, 11) is 0. The molecule has 4 nitrogen and oxygen atoms in total. The molecule has 0 bridgehead atoms. The van der Waals surface area contributed by atoms with Crippen LogP contribution in [0.25, 0.3) is 21.9 Å². The highest BCUT2D eigenvalue weighted by molar-refractivity contribution is 6.42. The van der Waals surface area contributed by atoms with Crippen LogP contribution in [-0.4, -0.2) is 19.6 Å². The van der Waals surface area contributed by atoms with Crippen molar-refractivity contribution in [2.45, 2.75) is 13.6 Å². The molecule has 2 aromatic heterocycles. The van der Waals surface area contributed by atoms with Crippen LogP contribution in [0.4, 0.5) is 0 Å². The van der Waals surface area contributed by atoms with Crippen LogP contribution in [0.15, 0.2) is 42.6 Å². The minimum Gasteiger partial charge on any atom is -0.327 e. The zero-order valence-corrected chi connectivity index (χ0v) is 13.3. The molecule has 4 rings (SSSR count). The first-order valence-electron chi connectivity index (χ1n) is 6.86. The summed E-state index contributed by atoms with van der Waals surface area (Å²) >= 11 is 12.1. The van der Waals surface area contributed by atoms with Gasteiger partial charge in [0, 0.05) is 17.1 Å². The molecule has 0 aliphatic rings. The van der Waals surface area contributed by atoms with Gasteiger partial charge in [0.15, 0.2) is 0 Å². The van der Waals surface area contributed by atoms with Gasteiger partial charge in [0.05, 0.1) is 15.6 Å². The minimum atomic E-state index is 0.489. The monoisotopic (exact) mass is 330 g/mol. The predicted octanol–water partition coefficient (Wildman–Crippen LogP) is 4.51. The fourth-order valence-electron chi connectivity index (χ4n) is 2.76. The molecule has 0 fully saturated rings. The summed E-state index contributed by atoms with van der Waals surface area (Å²) in [5.41, 5.74) is 4.01. The number of rotatable bonds is 2. The molecule has 110 valence electrons. The average Bonchev–Trinajstić information content (AvgIpc) is 3.03. The Kier molecular flexibility index (Phi) is 3.10. The van der Waals surface area contributed by atoms with E-state index in [-0.39, 0.29) is 0 Å². The van der Waals surface area contributed by atoms with Crippen LogP contribution in [-0.2, 0) is 6.67 Å². The summed E-state index contributed by atoms with van der Waals surface area (Å²) in [5.74, 6) is 0. The molecular weight excluding hydrogens is 319 g/mol. The molecule has 0 atom stereocenters. The van der Waals surface area contributed by atoms with E-state index in [1.54, 1.807) is 12.1 Å². The van der Waals surface area contributed by atoms with Crippen LogP contribution in [0, 0.1) is 6.92 Å². The molecule has 4 aromatic rings. The molecule has 0 N–H and O–H groups in total. The number of hydrogen-bond donors (Lipinski definition) is 0. The average molecular weight is 331 g/mol. The molecule has 0 amide bonds. The fraction of sp³-hybridized carbons (Fsp3) is 0.125. The van der Waals surface area contributed by atoms with Gasteiger partial charge in [-0.2, -0.15) is 0 Å². The SMILES string of the molecule is Cc1cn(Cn2nnc3cc(Cl)c(Cl)cc32)c2ccccc12. The van der Waals surface area contributed by atoms with Crippen molar-refractivity contribution in [2.75, 3.05) is 0 Å². The Labute approximate surface area is 136 Å². The second-order valence-corrected chi connectivity index (χ2v) is 6.10. The van der Waals surface area contributed by atoms with Gasteiger partial charge < -0.3 is 4.57 Å². The van der Waals surface area contributed by atoms with Crippen LogP contribution < -0.4 is 0 Å². The predicted molar refractivity (Wildman–Crippen MR) is 89.6 cm³/mol. The highest BCUT2D eigenvalue weighted by Gasteiger charge is 2.10. The van der Waals surface area contributed by atoms with Gasteiger partial charge in [-0.15, -0.1) is 5.10 Å². The first-order valence-corrected chi connectivity index (χ1v) is 7.62. The molecule has 2 heterocycles. The molecule has 6 heteroatoms. The third-order valence-corrected chi connectivity index (χ3v) is 4.55. The quantitative estimate of drug-likeness (QED) is 0.542. The first kappa shape index (κ1) is 13.6. The highest BCUT2D eigenvalue weighted by atomic mass is 35.5. The van der Waals surface area contributed by atoms with E-state index < -0.39 is 0 Å². The Morgan fingerprint density at radius 3 is 2.68 bits per heavy atom. The molecular formula is C16H12Cl2N4. The van der Waals surface area contributed by atoms with E-state index in [1.165, 1.54) is 16.5 Å². The van der Waals surface area contributed by atoms with E-state index >= 15 is 0 Å². The van der Waals surface area contributed by atoms with Gasteiger partial charge in [0.1, 0.15) is 12.2 Å². The lowest BCUT2D eigenvalue weighted by atomic mass is 10.2. The van der Waals surface area contributed by atoms with Gasteiger partial charge in [-0.3, -0.25) is 0 Å². The number of halogens is 2. The summed E-state index contributed by atoms with van der Waals surface area (Å²) in [6.07, 6.45) is 2.12. The Morgan fingerprint density at radius 1 is 1.05 bits per heavy atom. The number of fused-ring (bicyclic) bond motifs is 2. The first-order chi connectivity index (χ1) is 10.6. The van der Waals surface area contributed by atoms with E-state index in [9.17, 15) is 0 Å². The van der Waals surface area contributed by atoms with Gasteiger partial charge in [0.2, 0.25) is 0 Å². The fourth-order valence-corrected chi connectivity index (χ4v) is 3.08. The molecule has 0 saturated heterocycles. The van der Waals surface area contributed by atoms with Crippen molar-refractivity contribution in [3.63, 3.8) is 0 Å². The summed E-state index contributed by atoms with van der Waals surface area (Å²) in [4.78, 5) is 0. The lowest BCUT2D eigenvalue weighted by molar-refractivity contribution is 0.557. The molecule has 0 spiro atoms. The molecule has 0 radical (unpaired) electrons. The van der Waals surface area contributed by atoms with Crippen LogP contribution in [0.2, 0.25) is 10.0 Å². The van der Waals surface area contributed by atoms with Crippen molar-refractivity contribution in [1.82, 2.24) is 19.6 Å². The van der Waals surface area contributed by atoms with E-state index in [0.29, 0.717) is 16.7 Å². The maximum absolute atomic E-state index is 6.11. The number of nitrogens with zero attached hydrogens (tertiary/aromatic N) is 4. The number of aromatic nitrogens is 4. The molecule has 0 aliphatic carbocycles. The van der Waals surface area contributed by atoms with Crippen molar-refractivity contribution in [3.8, 4) is 0 Å². The largest absolute Gasteiger partial charge is 0.327 e. The lowest BCUT2D eigenvalue weighted by Crippen LogP contribution is -2.08. The lowest BCUT2D eigenvalue weighted by Gasteiger charge is -2.06. The molecule has 0 unspecified atom stereocenters. The maximum atomic E-state index is 6.11. The third kappa shape index (κ3) is 2.07. The van der Waals surface area contributed by atoms with Crippen LogP contribution in [0.5, 0.6) is 0 Å². The molecule has 0 saturated carbocycles. The van der Waals surface area contributed by atoms with Gasteiger partial charge in [-0.25, -0.2) is 4.68 Å². The summed E-state index contributed by atoms with van der Waals surface area (Å²) < 4.78 is 3.98. The Balaban J connectivity index is 1.84. The maximum Gasteiger partial charge on any atom is 0.118 e. The van der Waals surface area contributed by atoms with E-state index in [0.717, 1.165) is 11.0 Å². The highest BCUT2D eigenvalue weighted by Crippen LogP contribution is 2.27. The minimum absolute atomic E-state index is 0.489. The topological polar surface area (TPSA) is 35.6 Å². The zero-order chi connectivity index (χ0) is 15.3. The Morgan fingerprint density at radius 2 is 1.82 bits per heavy atom. The Hall–Kier alpha value is -2.04. The van der Waals surface area contributed by atoms with E-state index in [2.05, 4.69) is 40.1 Å². The smallest absolute Gasteiger partial charge is 0.118 e. The van der Waals surface area contributed by atoms with E-state index in [1.807, 2.05) is 16.8 Å². The Bertz CT molecular complexity index is 1000. The van der Waals surface area contributed by atoms with Crippen LogP contribution in [0.1, 0.15) is 5.56 Å². The van der Waals surface area contributed by atoms with Crippen LogP contribution >= 0.6 is 23.2 Å². The van der Waals surface area contributed by atoms with Gasteiger partial charge >= 0.3 is 0 Å². The van der Waals surface area contributed by atoms with Gasteiger partial charge in [0.25, 0.3) is 0 Å². The second-order valence-electron chi connectivity index (χ2n) is 5.28. The van der Waals surface area contributed by atoms with E-state index in [4.69, 9.17) is 23.2 Å². The number of aryl methyl sites for hydroxylation is 1. The number of benzene rings is 2. The zero-order valence-electron chi connectivity index (χ0n) is 11.8. The van der Waals surface area contributed by atoms with Crippen molar-refractivity contribution in [2.24, 2.45) is 0 Å². The third-order valence-electron chi connectivity index (χ3n) is 3.83. The number of para-hydroxylation sites is 1. The van der Waals surface area contributed by atoms with Crippen molar-refractivity contribution in [1.29, 1.82) is 0 Å². The van der Waals surface area contributed by atoms with Gasteiger partial charge in [-0.1, -0.05) is 46.6 Å². The van der Waals surface area contributed by atoms with Crippen molar-refractivity contribution < 1.29 is 0 Å². The van der Waals surface area contributed by atoms with Gasteiger partial charge in [-0.05, 0) is 30.7 Å². The summed E-state index contributed by atoms with van der Waals surface area (Å²) in [6.45, 7) is 2.68.